The molecule has 1 atom stereocenters. The zero-order valence-electron chi connectivity index (χ0n) is 12.8. The van der Waals surface area contributed by atoms with E-state index in [1.807, 2.05) is 39.0 Å². The largest absolute Gasteiger partial charge is 0.481 e. The Kier molecular flexibility index (Phi) is 4.06. The first-order valence-corrected chi connectivity index (χ1v) is 6.95. The van der Waals surface area contributed by atoms with Gasteiger partial charge in [0.15, 0.2) is 5.82 Å². The summed E-state index contributed by atoms with van der Waals surface area (Å²) < 4.78 is 1.59. The molecule has 0 aliphatic carbocycles. The molecule has 1 heterocycles. The fourth-order valence-corrected chi connectivity index (χ4v) is 2.32. The lowest BCUT2D eigenvalue weighted by atomic mass is 9.87. The van der Waals surface area contributed by atoms with Crippen molar-refractivity contribution >= 4 is 5.97 Å². The standard InChI is InChI=1S/C15H20N4O2/c1-5-15(4,14(20)21)9-19-13(16-17-18-19)12-10(2)7-6-8-11(12)3/h6-8H,5,9H2,1-4H3,(H,20,21). The highest BCUT2D eigenvalue weighted by atomic mass is 16.4. The van der Waals surface area contributed by atoms with Crippen LogP contribution in [0.15, 0.2) is 18.2 Å². The Labute approximate surface area is 123 Å². The van der Waals surface area contributed by atoms with Crippen LogP contribution >= 0.6 is 0 Å². The quantitative estimate of drug-likeness (QED) is 0.914. The summed E-state index contributed by atoms with van der Waals surface area (Å²) in [4.78, 5) is 11.5. The molecule has 1 aromatic heterocycles. The summed E-state index contributed by atoms with van der Waals surface area (Å²) in [5.41, 5.74) is 2.21. The average molecular weight is 288 g/mol. The van der Waals surface area contributed by atoms with Gasteiger partial charge in [-0.05, 0) is 48.7 Å². The summed E-state index contributed by atoms with van der Waals surface area (Å²) in [6, 6.07) is 5.98. The lowest BCUT2D eigenvalue weighted by molar-refractivity contribution is -0.149. The van der Waals surface area contributed by atoms with E-state index in [-0.39, 0.29) is 6.54 Å². The molecule has 0 bridgehead atoms. The maximum atomic E-state index is 11.5. The van der Waals surface area contributed by atoms with E-state index in [9.17, 15) is 9.90 Å². The number of carboxylic acid groups (broad SMARTS) is 1. The maximum absolute atomic E-state index is 11.5. The number of benzene rings is 1. The molecule has 6 heteroatoms. The highest BCUT2D eigenvalue weighted by Gasteiger charge is 2.33. The Morgan fingerprint density at radius 2 is 1.95 bits per heavy atom. The van der Waals surface area contributed by atoms with Crippen LogP contribution in [0.3, 0.4) is 0 Å². The van der Waals surface area contributed by atoms with Crippen LogP contribution in [0, 0.1) is 19.3 Å². The number of nitrogens with zero attached hydrogens (tertiary/aromatic N) is 4. The summed E-state index contributed by atoms with van der Waals surface area (Å²) >= 11 is 0. The summed E-state index contributed by atoms with van der Waals surface area (Å²) in [7, 11) is 0. The second-order valence-electron chi connectivity index (χ2n) is 5.65. The monoisotopic (exact) mass is 288 g/mol. The summed E-state index contributed by atoms with van der Waals surface area (Å²) in [6.07, 6.45) is 0.508. The van der Waals surface area contributed by atoms with Crippen LogP contribution in [0.25, 0.3) is 11.4 Å². The number of rotatable bonds is 5. The number of hydrogen-bond acceptors (Lipinski definition) is 4. The summed E-state index contributed by atoms with van der Waals surface area (Å²) in [5.74, 6) is -0.223. The van der Waals surface area contributed by atoms with Gasteiger partial charge in [0.1, 0.15) is 0 Å². The van der Waals surface area contributed by atoms with Crippen LogP contribution in [0.1, 0.15) is 31.4 Å². The molecule has 0 aliphatic rings. The summed E-state index contributed by atoms with van der Waals surface area (Å²) in [6.45, 7) is 7.81. The van der Waals surface area contributed by atoms with Crippen LogP contribution in [-0.4, -0.2) is 31.3 Å². The van der Waals surface area contributed by atoms with Crippen LogP contribution < -0.4 is 0 Å². The molecule has 0 fully saturated rings. The highest BCUT2D eigenvalue weighted by Crippen LogP contribution is 2.29. The molecule has 21 heavy (non-hydrogen) atoms. The molecule has 0 radical (unpaired) electrons. The van der Waals surface area contributed by atoms with Crippen molar-refractivity contribution in [1.29, 1.82) is 0 Å². The Hall–Kier alpha value is -2.24. The molecule has 112 valence electrons. The molecule has 0 spiro atoms. The topological polar surface area (TPSA) is 80.9 Å². The second kappa shape index (κ2) is 5.63. The predicted octanol–water partition coefficient (Wildman–Crippen LogP) is 2.46. The van der Waals surface area contributed by atoms with E-state index in [0.29, 0.717) is 12.2 Å². The Balaban J connectivity index is 2.47. The van der Waals surface area contributed by atoms with E-state index in [2.05, 4.69) is 15.5 Å². The molecular formula is C15H20N4O2. The fourth-order valence-electron chi connectivity index (χ4n) is 2.32. The van der Waals surface area contributed by atoms with E-state index in [4.69, 9.17) is 0 Å². The molecule has 0 saturated heterocycles. The van der Waals surface area contributed by atoms with Gasteiger partial charge >= 0.3 is 5.97 Å². The van der Waals surface area contributed by atoms with Gasteiger partial charge in [0.25, 0.3) is 0 Å². The maximum Gasteiger partial charge on any atom is 0.311 e. The molecular weight excluding hydrogens is 268 g/mol. The van der Waals surface area contributed by atoms with Crippen LogP contribution in [-0.2, 0) is 11.3 Å². The van der Waals surface area contributed by atoms with E-state index in [1.54, 1.807) is 11.6 Å². The van der Waals surface area contributed by atoms with E-state index in [0.717, 1.165) is 16.7 Å². The van der Waals surface area contributed by atoms with Crippen molar-refractivity contribution in [2.75, 3.05) is 0 Å². The minimum absolute atomic E-state index is 0.245. The predicted molar refractivity (Wildman–Crippen MR) is 78.8 cm³/mol. The lowest BCUT2D eigenvalue weighted by Gasteiger charge is -2.23. The molecule has 2 rings (SSSR count). The third kappa shape index (κ3) is 2.79. The zero-order chi connectivity index (χ0) is 15.6. The number of tetrazole rings is 1. The first-order chi connectivity index (χ1) is 9.89. The van der Waals surface area contributed by atoms with Crippen LogP contribution in [0.4, 0.5) is 0 Å². The molecule has 2 aromatic rings. The van der Waals surface area contributed by atoms with Crippen molar-refractivity contribution in [3.63, 3.8) is 0 Å². The molecule has 1 aromatic carbocycles. The molecule has 0 amide bonds. The number of hydrogen-bond donors (Lipinski definition) is 1. The van der Waals surface area contributed by atoms with Gasteiger partial charge in [-0.1, -0.05) is 25.1 Å². The van der Waals surface area contributed by atoms with Gasteiger partial charge in [0, 0.05) is 5.56 Å². The number of aryl methyl sites for hydroxylation is 2. The molecule has 1 unspecified atom stereocenters. The van der Waals surface area contributed by atoms with Crippen molar-refractivity contribution in [2.24, 2.45) is 5.41 Å². The van der Waals surface area contributed by atoms with Crippen molar-refractivity contribution in [3.05, 3.63) is 29.3 Å². The molecule has 1 N–H and O–H groups in total. The smallest absolute Gasteiger partial charge is 0.311 e. The minimum atomic E-state index is -0.888. The number of aliphatic carboxylic acids is 1. The Bertz CT molecular complexity index is 645. The molecule has 6 nitrogen and oxygen atoms in total. The average Bonchev–Trinajstić information content (AvgIpc) is 2.86. The van der Waals surface area contributed by atoms with E-state index < -0.39 is 11.4 Å². The molecule has 0 saturated carbocycles. The van der Waals surface area contributed by atoms with Gasteiger partial charge in [-0.15, -0.1) is 5.10 Å². The zero-order valence-corrected chi connectivity index (χ0v) is 12.8. The van der Waals surface area contributed by atoms with Crippen molar-refractivity contribution in [2.45, 2.75) is 40.7 Å². The first-order valence-electron chi connectivity index (χ1n) is 6.95. The van der Waals surface area contributed by atoms with Crippen molar-refractivity contribution < 1.29 is 9.90 Å². The SMILES string of the molecule is CCC(C)(Cn1nnnc1-c1c(C)cccc1C)C(=O)O. The van der Waals surface area contributed by atoms with Gasteiger partial charge in [-0.3, -0.25) is 4.79 Å². The van der Waals surface area contributed by atoms with E-state index in [1.165, 1.54) is 0 Å². The second-order valence-corrected chi connectivity index (χ2v) is 5.65. The normalized spacial score (nSPS) is 13.9. The van der Waals surface area contributed by atoms with Gasteiger partial charge in [-0.2, -0.15) is 0 Å². The first kappa shape index (κ1) is 15.2. The van der Waals surface area contributed by atoms with Crippen LogP contribution in [0.2, 0.25) is 0 Å². The van der Waals surface area contributed by atoms with Gasteiger partial charge in [-0.25, -0.2) is 4.68 Å². The highest BCUT2D eigenvalue weighted by molar-refractivity contribution is 5.74. The lowest BCUT2D eigenvalue weighted by Crippen LogP contribution is -2.32. The fraction of sp³-hybridized carbons (Fsp3) is 0.467. The Morgan fingerprint density at radius 1 is 1.33 bits per heavy atom. The number of carbonyl (C=O) groups is 1. The minimum Gasteiger partial charge on any atom is -0.481 e. The summed E-state index contributed by atoms with van der Waals surface area (Å²) in [5, 5.41) is 21.2. The number of aromatic nitrogens is 4. The third-order valence-corrected chi connectivity index (χ3v) is 4.03. The van der Waals surface area contributed by atoms with Gasteiger partial charge < -0.3 is 5.11 Å². The van der Waals surface area contributed by atoms with Gasteiger partial charge in [0.05, 0.1) is 12.0 Å². The van der Waals surface area contributed by atoms with Gasteiger partial charge in [0.2, 0.25) is 0 Å². The number of carboxylic acids is 1. The third-order valence-electron chi connectivity index (χ3n) is 4.03. The van der Waals surface area contributed by atoms with Crippen LogP contribution in [0.5, 0.6) is 0 Å². The molecule has 0 aliphatic heterocycles. The van der Waals surface area contributed by atoms with Crippen molar-refractivity contribution in [1.82, 2.24) is 20.2 Å². The van der Waals surface area contributed by atoms with Crippen molar-refractivity contribution in [3.8, 4) is 11.4 Å². The van der Waals surface area contributed by atoms with E-state index >= 15 is 0 Å². The Morgan fingerprint density at radius 3 is 2.48 bits per heavy atom.